The van der Waals surface area contributed by atoms with Crippen molar-refractivity contribution in [1.82, 2.24) is 4.90 Å². The molecule has 2 heterocycles. The maximum absolute atomic E-state index is 14.0. The highest BCUT2D eigenvalue weighted by atomic mass is 19.1. The predicted octanol–water partition coefficient (Wildman–Crippen LogP) is 2.27. The van der Waals surface area contributed by atoms with Crippen LogP contribution in [0.5, 0.6) is 5.75 Å². The summed E-state index contributed by atoms with van der Waals surface area (Å²) in [4.78, 5) is 14.7. The second-order valence-electron chi connectivity index (χ2n) is 6.60. The Balaban J connectivity index is 1.69. The monoisotopic (exact) mass is 305 g/mol. The van der Waals surface area contributed by atoms with E-state index in [4.69, 9.17) is 4.74 Å². The molecule has 0 spiro atoms. The zero-order valence-corrected chi connectivity index (χ0v) is 12.4. The van der Waals surface area contributed by atoms with Gasteiger partial charge in [-0.05, 0) is 18.9 Å². The van der Waals surface area contributed by atoms with Crippen LogP contribution in [-0.2, 0) is 4.79 Å². The number of fused-ring (bicyclic) bond motifs is 3. The maximum Gasteiger partial charge on any atom is 0.226 e. The quantitative estimate of drug-likeness (QED) is 0.912. The zero-order valence-electron chi connectivity index (χ0n) is 12.4. The highest BCUT2D eigenvalue weighted by Crippen LogP contribution is 2.49. The van der Waals surface area contributed by atoms with Crippen molar-refractivity contribution in [2.75, 3.05) is 13.2 Å². The van der Waals surface area contributed by atoms with E-state index in [2.05, 4.69) is 0 Å². The lowest BCUT2D eigenvalue weighted by atomic mass is 9.98. The molecule has 1 amide bonds. The third kappa shape index (κ3) is 1.95. The van der Waals surface area contributed by atoms with Crippen molar-refractivity contribution in [3.63, 3.8) is 0 Å². The second-order valence-corrected chi connectivity index (χ2v) is 6.60. The smallest absolute Gasteiger partial charge is 0.226 e. The Morgan fingerprint density at radius 1 is 1.36 bits per heavy atom. The van der Waals surface area contributed by atoms with E-state index in [1.807, 2.05) is 11.0 Å². The third-order valence-electron chi connectivity index (χ3n) is 5.33. The number of halogens is 1. The van der Waals surface area contributed by atoms with Gasteiger partial charge in [0, 0.05) is 23.9 Å². The van der Waals surface area contributed by atoms with Crippen LogP contribution >= 0.6 is 0 Å². The molecule has 118 valence electrons. The molecule has 1 aromatic carbocycles. The normalized spacial score (nSPS) is 30.3. The Labute approximate surface area is 128 Å². The molecule has 2 fully saturated rings. The predicted molar refractivity (Wildman–Crippen MR) is 77.8 cm³/mol. The minimum absolute atomic E-state index is 0.0504. The molecule has 0 radical (unpaired) electrons. The lowest BCUT2D eigenvalue weighted by Crippen LogP contribution is -2.36. The number of rotatable bonds is 2. The van der Waals surface area contributed by atoms with Gasteiger partial charge >= 0.3 is 0 Å². The van der Waals surface area contributed by atoms with E-state index in [0.29, 0.717) is 6.54 Å². The summed E-state index contributed by atoms with van der Waals surface area (Å²) in [5.41, 5.74) is 0.743. The summed E-state index contributed by atoms with van der Waals surface area (Å²) in [6.07, 6.45) is 3.75. The molecule has 0 bridgehead atoms. The Hall–Kier alpha value is -1.62. The van der Waals surface area contributed by atoms with E-state index < -0.39 is 5.82 Å². The van der Waals surface area contributed by atoms with Gasteiger partial charge in [-0.15, -0.1) is 0 Å². The minimum Gasteiger partial charge on any atom is -0.484 e. The van der Waals surface area contributed by atoms with Crippen molar-refractivity contribution in [3.8, 4) is 5.75 Å². The third-order valence-corrected chi connectivity index (χ3v) is 5.33. The molecular weight excluding hydrogens is 285 g/mol. The fourth-order valence-electron chi connectivity index (χ4n) is 4.23. The van der Waals surface area contributed by atoms with E-state index >= 15 is 0 Å². The van der Waals surface area contributed by atoms with Gasteiger partial charge in [-0.3, -0.25) is 4.79 Å². The summed E-state index contributed by atoms with van der Waals surface area (Å²) >= 11 is 0. The van der Waals surface area contributed by atoms with Gasteiger partial charge in [-0.2, -0.15) is 0 Å². The highest BCUT2D eigenvalue weighted by molar-refractivity contribution is 5.80. The molecule has 1 saturated heterocycles. The van der Waals surface area contributed by atoms with Crippen LogP contribution in [0, 0.1) is 17.7 Å². The first kappa shape index (κ1) is 14.0. The van der Waals surface area contributed by atoms with E-state index in [-0.39, 0.29) is 42.2 Å². The van der Waals surface area contributed by atoms with Crippen molar-refractivity contribution < 1.29 is 19.0 Å². The van der Waals surface area contributed by atoms with Gasteiger partial charge in [0.25, 0.3) is 0 Å². The van der Waals surface area contributed by atoms with E-state index in [1.54, 1.807) is 6.07 Å². The fraction of sp³-hybridized carbons (Fsp3) is 0.588. The number of aliphatic hydroxyl groups is 1. The van der Waals surface area contributed by atoms with Gasteiger partial charge in [0.1, 0.15) is 6.10 Å². The molecule has 22 heavy (non-hydrogen) atoms. The molecule has 0 aromatic heterocycles. The number of carbonyl (C=O) groups excluding carboxylic acids is 1. The number of carbonyl (C=O) groups is 1. The molecule has 0 unspecified atom stereocenters. The van der Waals surface area contributed by atoms with Crippen molar-refractivity contribution in [1.29, 1.82) is 0 Å². The van der Waals surface area contributed by atoms with E-state index in [1.165, 1.54) is 6.07 Å². The number of nitrogens with zero attached hydrogens (tertiary/aromatic N) is 1. The highest BCUT2D eigenvalue weighted by Gasteiger charge is 2.52. The Kier molecular flexibility index (Phi) is 3.33. The number of ether oxygens (including phenoxy) is 1. The van der Waals surface area contributed by atoms with Gasteiger partial charge < -0.3 is 14.7 Å². The van der Waals surface area contributed by atoms with Crippen molar-refractivity contribution in [2.45, 2.75) is 37.8 Å². The van der Waals surface area contributed by atoms with Gasteiger partial charge in [0.05, 0.1) is 12.6 Å². The summed E-state index contributed by atoms with van der Waals surface area (Å²) in [5, 5.41) is 9.61. The number of amides is 1. The van der Waals surface area contributed by atoms with E-state index in [0.717, 1.165) is 31.2 Å². The van der Waals surface area contributed by atoms with Gasteiger partial charge in [-0.25, -0.2) is 4.39 Å². The number of likely N-dealkylation sites (tertiary alicyclic amines) is 1. The Morgan fingerprint density at radius 3 is 2.86 bits per heavy atom. The molecule has 1 N–H and O–H groups in total. The maximum atomic E-state index is 14.0. The lowest BCUT2D eigenvalue weighted by molar-refractivity contribution is -0.136. The minimum atomic E-state index is -0.392. The van der Waals surface area contributed by atoms with Crippen molar-refractivity contribution >= 4 is 5.91 Å². The van der Waals surface area contributed by atoms with Crippen LogP contribution in [0.3, 0.4) is 0 Å². The topological polar surface area (TPSA) is 49.8 Å². The molecule has 1 aliphatic carbocycles. The van der Waals surface area contributed by atoms with Crippen LogP contribution in [0.15, 0.2) is 18.2 Å². The molecule has 1 saturated carbocycles. The van der Waals surface area contributed by atoms with Gasteiger partial charge in [-0.1, -0.05) is 25.0 Å². The number of hydrogen-bond donors (Lipinski definition) is 1. The standard InChI is InChI=1S/C17H20FNO3/c18-13-7-3-6-12-14-15(22-16(12)13)11(9-20)8-19(14)17(21)10-4-1-2-5-10/h3,6-7,10-11,14-15,20H,1-2,4-5,8-9H2/t11-,14-,15-/m0/s1. The average Bonchev–Trinajstić information content (AvgIpc) is 3.23. The van der Waals surface area contributed by atoms with Crippen LogP contribution in [0.1, 0.15) is 37.3 Å². The summed E-state index contributed by atoms with van der Waals surface area (Å²) in [7, 11) is 0. The summed E-state index contributed by atoms with van der Waals surface area (Å²) in [6, 6.07) is 4.61. The van der Waals surface area contributed by atoms with E-state index in [9.17, 15) is 14.3 Å². The number of para-hydroxylation sites is 1. The number of aliphatic hydroxyl groups excluding tert-OH is 1. The Morgan fingerprint density at radius 2 is 2.14 bits per heavy atom. The summed E-state index contributed by atoms with van der Waals surface area (Å²) < 4.78 is 19.7. The largest absolute Gasteiger partial charge is 0.484 e. The molecule has 2 aliphatic heterocycles. The molecule has 3 atom stereocenters. The van der Waals surface area contributed by atoms with Crippen LogP contribution in [0.2, 0.25) is 0 Å². The van der Waals surface area contributed by atoms with Crippen LogP contribution in [0.25, 0.3) is 0 Å². The summed E-state index contributed by atoms with van der Waals surface area (Å²) in [5.74, 6) is -0.0706. The molecule has 3 aliphatic rings. The average molecular weight is 305 g/mol. The van der Waals surface area contributed by atoms with Gasteiger partial charge in [0.15, 0.2) is 11.6 Å². The van der Waals surface area contributed by atoms with Gasteiger partial charge in [0.2, 0.25) is 5.91 Å². The fourth-order valence-corrected chi connectivity index (χ4v) is 4.23. The first-order chi connectivity index (χ1) is 10.7. The van der Waals surface area contributed by atoms with Crippen molar-refractivity contribution in [2.24, 2.45) is 11.8 Å². The number of benzene rings is 1. The molecule has 4 rings (SSSR count). The molecule has 5 heteroatoms. The summed E-state index contributed by atoms with van der Waals surface area (Å²) in [6.45, 7) is 0.447. The Bertz CT molecular complexity index is 600. The first-order valence-electron chi connectivity index (χ1n) is 8.07. The van der Waals surface area contributed by atoms with Crippen LogP contribution in [0.4, 0.5) is 4.39 Å². The second kappa shape index (κ2) is 5.23. The molecule has 4 nitrogen and oxygen atoms in total. The lowest BCUT2D eigenvalue weighted by Gasteiger charge is -2.26. The SMILES string of the molecule is O=C(C1CCCC1)N1C[C@@H](CO)[C@@H]2Oc3c(F)cccc3[C@@H]21. The zero-order chi connectivity index (χ0) is 15.3. The van der Waals surface area contributed by atoms with Crippen molar-refractivity contribution in [3.05, 3.63) is 29.6 Å². The van der Waals surface area contributed by atoms with Crippen LogP contribution < -0.4 is 4.74 Å². The number of hydrogen-bond acceptors (Lipinski definition) is 3. The molecule has 1 aromatic rings. The first-order valence-corrected chi connectivity index (χ1v) is 8.07. The van der Waals surface area contributed by atoms with Crippen LogP contribution in [-0.4, -0.2) is 35.2 Å². The molecular formula is C17H20FNO3.